The van der Waals surface area contributed by atoms with Gasteiger partial charge in [0.2, 0.25) is 10.0 Å². The van der Waals surface area contributed by atoms with Gasteiger partial charge in [-0.1, -0.05) is 61.3 Å². The lowest BCUT2D eigenvalue weighted by Gasteiger charge is -2.28. The molecular weight excluding hydrogens is 590 g/mol. The number of amides is 2. The summed E-state index contributed by atoms with van der Waals surface area (Å²) < 4.78 is 34.8. The largest absolute Gasteiger partial charge is 0.455 e. The third kappa shape index (κ3) is 6.01. The highest BCUT2D eigenvalue weighted by Crippen LogP contribution is 2.46. The van der Waals surface area contributed by atoms with E-state index in [-0.39, 0.29) is 22.0 Å². The van der Waals surface area contributed by atoms with Gasteiger partial charge in [0, 0.05) is 22.6 Å². The average molecular weight is 621 g/mol. The van der Waals surface area contributed by atoms with Gasteiger partial charge in [-0.2, -0.15) is 4.31 Å². The number of nitrogens with zero attached hydrogens (tertiary/aromatic N) is 1. The molecule has 0 aromatic heterocycles. The Kier molecular flexibility index (Phi) is 8.42. The van der Waals surface area contributed by atoms with Crippen LogP contribution in [0.2, 0.25) is 5.02 Å². The third-order valence-electron chi connectivity index (χ3n) is 6.70. The highest BCUT2D eigenvalue weighted by Gasteiger charge is 2.40. The number of fused-ring (bicyclic) bond motifs is 1. The molecule has 0 saturated carbocycles. The van der Waals surface area contributed by atoms with Crippen LogP contribution in [-0.2, 0) is 16.4 Å². The molecule has 10 heteroatoms. The van der Waals surface area contributed by atoms with Crippen molar-refractivity contribution in [1.29, 1.82) is 0 Å². The van der Waals surface area contributed by atoms with Gasteiger partial charge in [0.1, 0.15) is 5.75 Å². The molecule has 38 heavy (non-hydrogen) atoms. The fraction of sp³-hybridized carbons (Fsp3) is 0.321. The summed E-state index contributed by atoms with van der Waals surface area (Å²) in [7, 11) is -3.76. The van der Waals surface area contributed by atoms with Crippen molar-refractivity contribution in [2.24, 2.45) is 5.41 Å². The van der Waals surface area contributed by atoms with Crippen LogP contribution in [-0.4, -0.2) is 31.8 Å². The summed E-state index contributed by atoms with van der Waals surface area (Å²) in [6.45, 7) is 8.45. The molecule has 3 aromatic rings. The molecule has 0 fully saturated rings. The number of carbonyl (C=O) groups excluding carboxylic acids is 1. The predicted molar refractivity (Wildman–Crippen MR) is 155 cm³/mol. The number of sulfonamides is 1. The van der Waals surface area contributed by atoms with E-state index in [1.165, 1.54) is 22.0 Å². The third-order valence-corrected chi connectivity index (χ3v) is 9.49. The lowest BCUT2D eigenvalue weighted by molar-refractivity contribution is 0.229. The minimum absolute atomic E-state index is 0.0661. The fourth-order valence-electron chi connectivity index (χ4n) is 4.78. The molecule has 0 spiro atoms. The van der Waals surface area contributed by atoms with Crippen molar-refractivity contribution in [1.82, 2.24) is 9.62 Å². The second-order valence-electron chi connectivity index (χ2n) is 9.84. The normalized spacial score (nSPS) is 16.2. The SMILES string of the molecule is CCN(CC)S(=O)(=O)c1ccc(Oc2ccc(Cl)cc2)c(NC(=O)NC2c3ccc(Br)cc3CC2(C)C)c1. The molecule has 1 aliphatic carbocycles. The fourth-order valence-corrected chi connectivity index (χ4v) is 6.80. The Balaban J connectivity index is 1.66. The minimum Gasteiger partial charge on any atom is -0.455 e. The van der Waals surface area contributed by atoms with Crippen molar-refractivity contribution in [3.63, 3.8) is 0 Å². The van der Waals surface area contributed by atoms with E-state index >= 15 is 0 Å². The van der Waals surface area contributed by atoms with Gasteiger partial charge in [-0.05, 0) is 77.6 Å². The maximum Gasteiger partial charge on any atom is 0.319 e. The molecule has 202 valence electrons. The Hall–Kier alpha value is -2.59. The summed E-state index contributed by atoms with van der Waals surface area (Å²) in [5.74, 6) is 0.796. The van der Waals surface area contributed by atoms with E-state index < -0.39 is 16.1 Å². The van der Waals surface area contributed by atoms with Crippen molar-refractivity contribution in [3.8, 4) is 11.5 Å². The average Bonchev–Trinajstić information content (AvgIpc) is 3.10. The Bertz CT molecular complexity index is 1440. The van der Waals surface area contributed by atoms with Gasteiger partial charge < -0.3 is 15.4 Å². The summed E-state index contributed by atoms with van der Waals surface area (Å²) in [5, 5.41) is 6.50. The zero-order valence-electron chi connectivity index (χ0n) is 21.7. The van der Waals surface area contributed by atoms with Gasteiger partial charge in [0.25, 0.3) is 0 Å². The smallest absolute Gasteiger partial charge is 0.319 e. The quantitative estimate of drug-likeness (QED) is 0.275. The molecular formula is C28H31BrClN3O4S. The van der Waals surface area contributed by atoms with Crippen LogP contribution in [0.3, 0.4) is 0 Å². The number of rotatable bonds is 8. The Morgan fingerprint density at radius 2 is 1.76 bits per heavy atom. The van der Waals surface area contributed by atoms with E-state index in [1.54, 1.807) is 44.2 Å². The van der Waals surface area contributed by atoms with Crippen molar-refractivity contribution in [2.45, 2.75) is 45.1 Å². The molecule has 4 rings (SSSR count). The predicted octanol–water partition coefficient (Wildman–Crippen LogP) is 7.37. The first-order chi connectivity index (χ1) is 17.9. The maximum atomic E-state index is 13.3. The molecule has 0 radical (unpaired) electrons. The lowest BCUT2D eigenvalue weighted by Crippen LogP contribution is -2.38. The van der Waals surface area contributed by atoms with Crippen LogP contribution in [0.1, 0.15) is 44.9 Å². The summed E-state index contributed by atoms with van der Waals surface area (Å²) >= 11 is 9.52. The van der Waals surface area contributed by atoms with Crippen LogP contribution in [0.4, 0.5) is 10.5 Å². The molecule has 1 aliphatic rings. The number of urea groups is 1. The molecule has 2 N–H and O–H groups in total. The van der Waals surface area contributed by atoms with Crippen LogP contribution < -0.4 is 15.4 Å². The lowest BCUT2D eigenvalue weighted by atomic mass is 9.85. The van der Waals surface area contributed by atoms with Gasteiger partial charge in [-0.15, -0.1) is 0 Å². The number of benzene rings is 3. The van der Waals surface area contributed by atoms with Gasteiger partial charge in [0.15, 0.2) is 5.75 Å². The summed E-state index contributed by atoms with van der Waals surface area (Å²) in [5.41, 5.74) is 2.26. The molecule has 0 aliphatic heterocycles. The molecule has 2 amide bonds. The first-order valence-corrected chi connectivity index (χ1v) is 15.0. The topological polar surface area (TPSA) is 87.7 Å². The number of carbonyl (C=O) groups is 1. The standard InChI is InChI=1S/C28H31BrClN3O4S/c1-5-33(6-2)38(35,36)22-12-14-25(37-21-10-8-20(30)9-11-21)24(16-22)31-27(34)32-26-23-13-7-19(29)15-18(23)17-28(26,3)4/h7-16,26H,5-6,17H2,1-4H3,(H2,31,32,34). The number of halogens is 2. The number of hydrogen-bond acceptors (Lipinski definition) is 4. The number of hydrogen-bond donors (Lipinski definition) is 2. The zero-order valence-corrected chi connectivity index (χ0v) is 24.9. The van der Waals surface area contributed by atoms with E-state index in [0.29, 0.717) is 29.6 Å². The Labute approximate surface area is 237 Å². The number of nitrogens with one attached hydrogen (secondary N) is 2. The molecule has 3 aromatic carbocycles. The summed E-state index contributed by atoms with van der Waals surface area (Å²) in [6, 6.07) is 16.6. The van der Waals surface area contributed by atoms with Gasteiger partial charge in [-0.25, -0.2) is 13.2 Å². The summed E-state index contributed by atoms with van der Waals surface area (Å²) in [4.78, 5) is 13.4. The number of ether oxygens (including phenoxy) is 1. The van der Waals surface area contributed by atoms with Crippen molar-refractivity contribution < 1.29 is 17.9 Å². The van der Waals surface area contributed by atoms with E-state index in [1.807, 2.05) is 12.1 Å². The van der Waals surface area contributed by atoms with Crippen molar-refractivity contribution in [2.75, 3.05) is 18.4 Å². The van der Waals surface area contributed by atoms with E-state index in [0.717, 1.165) is 16.5 Å². The minimum atomic E-state index is -3.76. The first-order valence-electron chi connectivity index (χ1n) is 12.4. The Morgan fingerprint density at radius 3 is 2.42 bits per heavy atom. The molecule has 1 unspecified atom stereocenters. The van der Waals surface area contributed by atoms with Gasteiger partial charge in [0.05, 0.1) is 16.6 Å². The molecule has 0 bridgehead atoms. The van der Waals surface area contributed by atoms with E-state index in [4.69, 9.17) is 16.3 Å². The monoisotopic (exact) mass is 619 g/mol. The van der Waals surface area contributed by atoms with Crippen LogP contribution >= 0.6 is 27.5 Å². The highest BCUT2D eigenvalue weighted by atomic mass is 79.9. The molecule has 0 heterocycles. The van der Waals surface area contributed by atoms with Crippen LogP contribution in [0, 0.1) is 5.41 Å². The second kappa shape index (κ2) is 11.3. The van der Waals surface area contributed by atoms with E-state index in [2.05, 4.69) is 46.5 Å². The van der Waals surface area contributed by atoms with Crippen molar-refractivity contribution >= 4 is 49.3 Å². The molecule has 0 saturated heterocycles. The second-order valence-corrected chi connectivity index (χ2v) is 13.1. The van der Waals surface area contributed by atoms with Crippen molar-refractivity contribution in [3.05, 3.63) is 81.3 Å². The van der Waals surface area contributed by atoms with Crippen LogP contribution in [0.15, 0.2) is 70.0 Å². The first kappa shape index (κ1) is 28.4. The maximum absolute atomic E-state index is 13.3. The Morgan fingerprint density at radius 1 is 1.08 bits per heavy atom. The molecule has 7 nitrogen and oxygen atoms in total. The van der Waals surface area contributed by atoms with Gasteiger partial charge in [-0.3, -0.25) is 0 Å². The van der Waals surface area contributed by atoms with Crippen LogP contribution in [0.25, 0.3) is 0 Å². The van der Waals surface area contributed by atoms with Gasteiger partial charge >= 0.3 is 6.03 Å². The zero-order chi connectivity index (χ0) is 27.7. The van der Waals surface area contributed by atoms with E-state index in [9.17, 15) is 13.2 Å². The molecule has 1 atom stereocenters. The highest BCUT2D eigenvalue weighted by molar-refractivity contribution is 9.10. The summed E-state index contributed by atoms with van der Waals surface area (Å²) in [6.07, 6.45) is 0.815. The van der Waals surface area contributed by atoms with Crippen LogP contribution in [0.5, 0.6) is 11.5 Å². The number of anilines is 1.